The third-order valence-electron chi connectivity index (χ3n) is 4.32. The van der Waals surface area contributed by atoms with Gasteiger partial charge >= 0.3 is 0 Å². The van der Waals surface area contributed by atoms with Crippen molar-refractivity contribution < 1.29 is 9.32 Å². The van der Waals surface area contributed by atoms with Crippen molar-refractivity contribution in [2.75, 3.05) is 26.2 Å². The van der Waals surface area contributed by atoms with Gasteiger partial charge in [-0.1, -0.05) is 5.16 Å². The SMILES string of the molecule is Cc1nc(CN2CCN(C(=O)[C@]3(C)CC3(Cl)Cl)CC2)no1. The summed E-state index contributed by atoms with van der Waals surface area (Å²) in [5.41, 5.74) is -0.622. The van der Waals surface area contributed by atoms with Gasteiger partial charge in [-0.2, -0.15) is 4.98 Å². The number of hydrogen-bond acceptors (Lipinski definition) is 5. The molecular weight excluding hydrogens is 315 g/mol. The van der Waals surface area contributed by atoms with Crippen molar-refractivity contribution in [1.29, 1.82) is 0 Å². The maximum atomic E-state index is 12.5. The fraction of sp³-hybridized carbons (Fsp3) is 0.769. The van der Waals surface area contributed by atoms with E-state index in [1.807, 2.05) is 11.8 Å². The van der Waals surface area contributed by atoms with E-state index >= 15 is 0 Å². The van der Waals surface area contributed by atoms with Crippen LogP contribution in [-0.4, -0.2) is 56.4 Å². The molecule has 2 fully saturated rings. The molecular formula is C13H18Cl2N4O2. The molecule has 2 heterocycles. The Labute approximate surface area is 133 Å². The summed E-state index contributed by atoms with van der Waals surface area (Å²) in [5.74, 6) is 1.31. The van der Waals surface area contributed by atoms with E-state index in [1.165, 1.54) is 0 Å². The highest BCUT2D eigenvalue weighted by Crippen LogP contribution is 2.64. The molecule has 8 heteroatoms. The molecule has 116 valence electrons. The van der Waals surface area contributed by atoms with Gasteiger partial charge in [0, 0.05) is 33.1 Å². The summed E-state index contributed by atoms with van der Waals surface area (Å²) >= 11 is 12.2. The summed E-state index contributed by atoms with van der Waals surface area (Å²) in [7, 11) is 0. The van der Waals surface area contributed by atoms with E-state index in [4.69, 9.17) is 27.7 Å². The highest BCUT2D eigenvalue weighted by atomic mass is 35.5. The van der Waals surface area contributed by atoms with Crippen molar-refractivity contribution in [2.24, 2.45) is 5.41 Å². The van der Waals surface area contributed by atoms with Gasteiger partial charge in [-0.15, -0.1) is 23.2 Å². The summed E-state index contributed by atoms with van der Waals surface area (Å²) in [6, 6.07) is 0. The maximum absolute atomic E-state index is 12.5. The van der Waals surface area contributed by atoms with Crippen LogP contribution in [0.25, 0.3) is 0 Å². The van der Waals surface area contributed by atoms with Crippen LogP contribution in [0, 0.1) is 12.3 Å². The first-order valence-electron chi connectivity index (χ1n) is 7.01. The van der Waals surface area contributed by atoms with E-state index < -0.39 is 9.75 Å². The van der Waals surface area contributed by atoms with Crippen LogP contribution in [0.5, 0.6) is 0 Å². The maximum Gasteiger partial charge on any atom is 0.231 e. The Morgan fingerprint density at radius 3 is 2.43 bits per heavy atom. The second-order valence-corrected chi connectivity index (χ2v) is 7.50. The number of piperazine rings is 1. The lowest BCUT2D eigenvalue weighted by Crippen LogP contribution is -2.50. The fourth-order valence-electron chi connectivity index (χ4n) is 2.70. The van der Waals surface area contributed by atoms with Crippen LogP contribution in [-0.2, 0) is 11.3 Å². The second kappa shape index (κ2) is 5.11. The van der Waals surface area contributed by atoms with Gasteiger partial charge in [0.1, 0.15) is 4.33 Å². The summed E-state index contributed by atoms with van der Waals surface area (Å²) in [4.78, 5) is 20.7. The number of nitrogens with zero attached hydrogens (tertiary/aromatic N) is 4. The van der Waals surface area contributed by atoms with E-state index in [0.717, 1.165) is 13.1 Å². The van der Waals surface area contributed by atoms with Gasteiger partial charge in [0.15, 0.2) is 5.82 Å². The molecule has 1 atom stereocenters. The van der Waals surface area contributed by atoms with Crippen LogP contribution in [0.15, 0.2) is 4.52 Å². The highest BCUT2D eigenvalue weighted by Gasteiger charge is 2.68. The monoisotopic (exact) mass is 332 g/mol. The molecule has 1 aliphatic heterocycles. The fourth-order valence-corrected chi connectivity index (χ4v) is 3.39. The van der Waals surface area contributed by atoms with E-state index in [9.17, 15) is 4.79 Å². The quantitative estimate of drug-likeness (QED) is 0.787. The lowest BCUT2D eigenvalue weighted by molar-refractivity contribution is -0.138. The van der Waals surface area contributed by atoms with Gasteiger partial charge in [0.2, 0.25) is 11.8 Å². The van der Waals surface area contributed by atoms with Crippen molar-refractivity contribution in [1.82, 2.24) is 19.9 Å². The van der Waals surface area contributed by atoms with E-state index in [-0.39, 0.29) is 5.91 Å². The molecule has 0 radical (unpaired) electrons. The largest absolute Gasteiger partial charge is 0.340 e. The van der Waals surface area contributed by atoms with Gasteiger partial charge in [-0.3, -0.25) is 9.69 Å². The van der Waals surface area contributed by atoms with Crippen LogP contribution >= 0.6 is 23.2 Å². The molecule has 6 nitrogen and oxygen atoms in total. The number of aryl methyl sites for hydroxylation is 1. The van der Waals surface area contributed by atoms with Crippen LogP contribution in [0.1, 0.15) is 25.1 Å². The molecule has 1 aromatic heterocycles. The number of halogens is 2. The third-order valence-corrected chi connectivity index (χ3v) is 5.43. The zero-order chi connectivity index (χ0) is 15.3. The first kappa shape index (κ1) is 15.1. The predicted molar refractivity (Wildman–Crippen MR) is 78.1 cm³/mol. The number of carbonyl (C=O) groups is 1. The third kappa shape index (κ3) is 2.76. The molecule has 0 unspecified atom stereocenters. The molecule has 1 saturated heterocycles. The number of carbonyl (C=O) groups excluding carboxylic acids is 1. The zero-order valence-corrected chi connectivity index (χ0v) is 13.6. The Balaban J connectivity index is 1.52. The average Bonchev–Trinajstić information content (AvgIpc) is 2.75. The first-order chi connectivity index (χ1) is 9.82. The number of rotatable bonds is 3. The highest BCUT2D eigenvalue weighted by molar-refractivity contribution is 6.53. The van der Waals surface area contributed by atoms with E-state index in [2.05, 4.69) is 15.0 Å². The average molecular weight is 333 g/mol. The molecule has 0 N–H and O–H groups in total. The van der Waals surface area contributed by atoms with Crippen LogP contribution < -0.4 is 0 Å². The Morgan fingerprint density at radius 2 is 1.95 bits per heavy atom. The second-order valence-electron chi connectivity index (χ2n) is 6.01. The zero-order valence-electron chi connectivity index (χ0n) is 12.1. The van der Waals surface area contributed by atoms with Crippen LogP contribution in [0.2, 0.25) is 0 Å². The summed E-state index contributed by atoms with van der Waals surface area (Å²) in [6.07, 6.45) is 0.532. The molecule has 2 aliphatic rings. The lowest BCUT2D eigenvalue weighted by atomic mass is 10.1. The first-order valence-corrected chi connectivity index (χ1v) is 7.76. The van der Waals surface area contributed by atoms with Gasteiger partial charge in [-0.25, -0.2) is 0 Å². The summed E-state index contributed by atoms with van der Waals surface area (Å²) < 4.78 is 4.06. The van der Waals surface area contributed by atoms with Gasteiger partial charge in [-0.05, 0) is 13.3 Å². The van der Waals surface area contributed by atoms with Crippen molar-refractivity contribution in [3.63, 3.8) is 0 Å². The number of hydrogen-bond donors (Lipinski definition) is 0. The number of aromatic nitrogens is 2. The van der Waals surface area contributed by atoms with Gasteiger partial charge in [0.25, 0.3) is 0 Å². The van der Waals surface area contributed by atoms with Gasteiger partial charge in [0.05, 0.1) is 12.0 Å². The molecule has 1 aromatic rings. The standard InChI is InChI=1S/C13H18Cl2N4O2/c1-9-16-10(17-21-9)7-18-3-5-19(6-4-18)11(20)12(2)8-13(12,14)15/h3-8H2,1-2H3/t12-/m0/s1. The summed E-state index contributed by atoms with van der Waals surface area (Å²) in [5, 5.41) is 3.89. The molecule has 1 saturated carbocycles. The van der Waals surface area contributed by atoms with Crippen LogP contribution in [0.3, 0.4) is 0 Å². The lowest BCUT2D eigenvalue weighted by Gasteiger charge is -2.35. The minimum absolute atomic E-state index is 0.0579. The van der Waals surface area contributed by atoms with Crippen molar-refractivity contribution in [2.45, 2.75) is 31.1 Å². The molecule has 21 heavy (non-hydrogen) atoms. The molecule has 0 bridgehead atoms. The number of amides is 1. The Bertz CT molecular complexity index is 554. The van der Waals surface area contributed by atoms with Crippen molar-refractivity contribution in [3.05, 3.63) is 11.7 Å². The molecule has 0 aromatic carbocycles. The Morgan fingerprint density at radius 1 is 1.33 bits per heavy atom. The van der Waals surface area contributed by atoms with E-state index in [1.54, 1.807) is 6.92 Å². The minimum atomic E-state index is -0.899. The normalized spacial score (nSPS) is 28.7. The molecule has 3 rings (SSSR count). The number of alkyl halides is 2. The van der Waals surface area contributed by atoms with E-state index in [0.29, 0.717) is 37.8 Å². The van der Waals surface area contributed by atoms with Gasteiger partial charge < -0.3 is 9.42 Å². The van der Waals surface area contributed by atoms with Crippen LogP contribution in [0.4, 0.5) is 0 Å². The molecule has 1 amide bonds. The molecule has 1 aliphatic carbocycles. The predicted octanol–water partition coefficient (Wildman–Crippen LogP) is 1.61. The summed E-state index contributed by atoms with van der Waals surface area (Å²) in [6.45, 7) is 7.17. The topological polar surface area (TPSA) is 62.5 Å². The van der Waals surface area contributed by atoms with Crippen molar-refractivity contribution >= 4 is 29.1 Å². The Kier molecular flexibility index (Phi) is 3.66. The smallest absolute Gasteiger partial charge is 0.231 e. The minimum Gasteiger partial charge on any atom is -0.340 e. The Hall–Kier alpha value is -0.850. The molecule has 0 spiro atoms. The van der Waals surface area contributed by atoms with Crippen molar-refractivity contribution in [3.8, 4) is 0 Å².